The summed E-state index contributed by atoms with van der Waals surface area (Å²) in [6.07, 6.45) is 7.24. The van der Waals surface area contributed by atoms with Crippen molar-refractivity contribution >= 4 is 21.8 Å². The molecule has 0 unspecified atom stereocenters. The van der Waals surface area contributed by atoms with Crippen molar-refractivity contribution in [2.24, 2.45) is 0 Å². The van der Waals surface area contributed by atoms with Gasteiger partial charge in [-0.25, -0.2) is 4.98 Å². The Kier molecular flexibility index (Phi) is 5.48. The first kappa shape index (κ1) is 22.1. The summed E-state index contributed by atoms with van der Waals surface area (Å²) in [4.78, 5) is 13.4. The molecule has 3 aromatic carbocycles. The van der Waals surface area contributed by atoms with E-state index in [1.807, 2.05) is 49.1 Å². The quantitative estimate of drug-likeness (QED) is 0.246. The summed E-state index contributed by atoms with van der Waals surface area (Å²) in [5.74, 6) is 0. The normalized spacial score (nSPS) is 11.3. The standard InChI is InChI=1S/C34H24N4/c1-2-6-24(7-3-1)23-38-33-9-5-4-8-29(33)30-20-27(10-11-34(30)38)28-21-31(25-12-16-35-17-13-25)37-32(22-28)26-14-18-36-19-15-26/h1-22H,23H2. The fourth-order valence-corrected chi connectivity index (χ4v) is 5.21. The molecule has 7 aromatic rings. The first-order chi connectivity index (χ1) is 18.8. The monoisotopic (exact) mass is 488 g/mol. The molecule has 4 heteroatoms. The summed E-state index contributed by atoms with van der Waals surface area (Å²) in [5, 5.41) is 2.51. The minimum atomic E-state index is 0.831. The minimum absolute atomic E-state index is 0.831. The van der Waals surface area contributed by atoms with E-state index >= 15 is 0 Å². The predicted octanol–water partition coefficient (Wildman–Crippen LogP) is 8.03. The molecule has 0 saturated carbocycles. The molecular formula is C34H24N4. The summed E-state index contributed by atoms with van der Waals surface area (Å²) in [7, 11) is 0. The average Bonchev–Trinajstić information content (AvgIpc) is 3.31. The summed E-state index contributed by atoms with van der Waals surface area (Å²) < 4.78 is 2.42. The maximum Gasteiger partial charge on any atom is 0.0716 e. The van der Waals surface area contributed by atoms with Gasteiger partial charge in [-0.15, -0.1) is 0 Å². The van der Waals surface area contributed by atoms with Crippen molar-refractivity contribution in [2.75, 3.05) is 0 Å². The Morgan fingerprint density at radius 1 is 0.474 bits per heavy atom. The van der Waals surface area contributed by atoms with Gasteiger partial charge in [0.2, 0.25) is 0 Å². The van der Waals surface area contributed by atoms with Crippen LogP contribution in [0.3, 0.4) is 0 Å². The molecule has 0 aliphatic rings. The average molecular weight is 489 g/mol. The molecule has 0 saturated heterocycles. The third kappa shape index (κ3) is 4.02. The molecule has 4 heterocycles. The Morgan fingerprint density at radius 2 is 1.08 bits per heavy atom. The van der Waals surface area contributed by atoms with Gasteiger partial charge in [0.25, 0.3) is 0 Å². The van der Waals surface area contributed by atoms with Crippen LogP contribution in [0.2, 0.25) is 0 Å². The van der Waals surface area contributed by atoms with Crippen molar-refractivity contribution < 1.29 is 0 Å². The molecular weight excluding hydrogens is 464 g/mol. The second-order valence-electron chi connectivity index (χ2n) is 9.42. The summed E-state index contributed by atoms with van der Waals surface area (Å²) in [6, 6.07) is 38.5. The number of nitrogens with zero attached hydrogens (tertiary/aromatic N) is 4. The third-order valence-electron chi connectivity index (χ3n) is 7.07. The van der Waals surface area contributed by atoms with Gasteiger partial charge in [0.15, 0.2) is 0 Å². The molecule has 0 amide bonds. The number of aromatic nitrogens is 4. The SMILES string of the molecule is c1ccc(Cn2c3ccccc3c3cc(-c4cc(-c5ccncc5)nc(-c5ccncc5)c4)ccc32)cc1. The van der Waals surface area contributed by atoms with E-state index in [1.165, 1.54) is 27.4 Å². The van der Waals surface area contributed by atoms with Crippen molar-refractivity contribution in [3.05, 3.63) is 140 Å². The van der Waals surface area contributed by atoms with E-state index in [2.05, 4.69) is 99.5 Å². The zero-order valence-electron chi connectivity index (χ0n) is 20.7. The molecule has 4 nitrogen and oxygen atoms in total. The highest BCUT2D eigenvalue weighted by Crippen LogP contribution is 2.35. The van der Waals surface area contributed by atoms with Gasteiger partial charge in [-0.3, -0.25) is 9.97 Å². The lowest BCUT2D eigenvalue weighted by Gasteiger charge is -2.11. The topological polar surface area (TPSA) is 43.6 Å². The number of hydrogen-bond donors (Lipinski definition) is 0. The first-order valence-corrected chi connectivity index (χ1v) is 12.7. The second-order valence-corrected chi connectivity index (χ2v) is 9.42. The minimum Gasteiger partial charge on any atom is -0.336 e. The van der Waals surface area contributed by atoms with Crippen LogP contribution in [-0.2, 0) is 6.54 Å². The fourth-order valence-electron chi connectivity index (χ4n) is 5.21. The molecule has 4 aromatic heterocycles. The van der Waals surface area contributed by atoms with E-state index in [0.717, 1.165) is 40.2 Å². The molecule has 0 N–H and O–H groups in total. The zero-order valence-corrected chi connectivity index (χ0v) is 20.7. The number of benzene rings is 3. The van der Waals surface area contributed by atoms with E-state index in [1.54, 1.807) is 0 Å². The highest BCUT2D eigenvalue weighted by molar-refractivity contribution is 6.09. The van der Waals surface area contributed by atoms with Gasteiger partial charge in [0, 0.05) is 64.3 Å². The molecule has 7 rings (SSSR count). The van der Waals surface area contributed by atoms with Crippen LogP contribution in [-0.4, -0.2) is 19.5 Å². The Balaban J connectivity index is 1.42. The fraction of sp³-hybridized carbons (Fsp3) is 0.0294. The number of para-hydroxylation sites is 1. The molecule has 0 aliphatic heterocycles. The van der Waals surface area contributed by atoms with Gasteiger partial charge in [0.05, 0.1) is 11.4 Å². The van der Waals surface area contributed by atoms with Crippen molar-refractivity contribution in [3.63, 3.8) is 0 Å². The second kappa shape index (κ2) is 9.41. The lowest BCUT2D eigenvalue weighted by Crippen LogP contribution is -1.99. The molecule has 0 bridgehead atoms. The van der Waals surface area contributed by atoms with E-state index in [0.29, 0.717) is 0 Å². The Morgan fingerprint density at radius 3 is 1.76 bits per heavy atom. The van der Waals surface area contributed by atoms with Crippen molar-refractivity contribution in [2.45, 2.75) is 6.54 Å². The first-order valence-electron chi connectivity index (χ1n) is 12.7. The predicted molar refractivity (Wildman–Crippen MR) is 155 cm³/mol. The van der Waals surface area contributed by atoms with Crippen molar-refractivity contribution in [3.8, 4) is 33.6 Å². The van der Waals surface area contributed by atoms with Gasteiger partial charge < -0.3 is 4.57 Å². The van der Waals surface area contributed by atoms with E-state index in [-0.39, 0.29) is 0 Å². The van der Waals surface area contributed by atoms with Crippen LogP contribution in [0.1, 0.15) is 5.56 Å². The lowest BCUT2D eigenvalue weighted by atomic mass is 9.99. The van der Waals surface area contributed by atoms with Crippen LogP contribution in [0.4, 0.5) is 0 Å². The highest BCUT2D eigenvalue weighted by Gasteiger charge is 2.14. The number of rotatable bonds is 5. The largest absolute Gasteiger partial charge is 0.336 e. The van der Waals surface area contributed by atoms with Gasteiger partial charge in [-0.05, 0) is 71.3 Å². The molecule has 38 heavy (non-hydrogen) atoms. The summed E-state index contributed by atoms with van der Waals surface area (Å²) in [5.41, 5.74) is 9.97. The molecule has 0 fully saturated rings. The smallest absolute Gasteiger partial charge is 0.0716 e. The van der Waals surface area contributed by atoms with Crippen molar-refractivity contribution in [1.29, 1.82) is 0 Å². The molecule has 0 spiro atoms. The van der Waals surface area contributed by atoms with Crippen molar-refractivity contribution in [1.82, 2.24) is 19.5 Å². The Bertz CT molecular complexity index is 1820. The van der Waals surface area contributed by atoms with E-state index in [4.69, 9.17) is 4.98 Å². The number of hydrogen-bond acceptors (Lipinski definition) is 3. The third-order valence-corrected chi connectivity index (χ3v) is 7.07. The molecule has 0 atom stereocenters. The van der Waals surface area contributed by atoms with Gasteiger partial charge in [-0.1, -0.05) is 54.6 Å². The maximum absolute atomic E-state index is 5.00. The van der Waals surface area contributed by atoms with Crippen LogP contribution in [0.15, 0.2) is 134 Å². The van der Waals surface area contributed by atoms with Crippen LogP contribution < -0.4 is 0 Å². The zero-order chi connectivity index (χ0) is 25.3. The summed E-state index contributed by atoms with van der Waals surface area (Å²) >= 11 is 0. The number of pyridine rings is 3. The summed E-state index contributed by atoms with van der Waals surface area (Å²) in [6.45, 7) is 0.831. The van der Waals surface area contributed by atoms with E-state index < -0.39 is 0 Å². The molecule has 0 radical (unpaired) electrons. The van der Waals surface area contributed by atoms with Gasteiger partial charge >= 0.3 is 0 Å². The lowest BCUT2D eigenvalue weighted by molar-refractivity contribution is 0.869. The maximum atomic E-state index is 5.00. The van der Waals surface area contributed by atoms with Crippen LogP contribution in [0, 0.1) is 0 Å². The van der Waals surface area contributed by atoms with E-state index in [9.17, 15) is 0 Å². The highest BCUT2D eigenvalue weighted by atomic mass is 15.0. The Labute approximate surface area is 220 Å². The Hall–Kier alpha value is -5.09. The van der Waals surface area contributed by atoms with Gasteiger partial charge in [-0.2, -0.15) is 0 Å². The number of fused-ring (bicyclic) bond motifs is 3. The van der Waals surface area contributed by atoms with Crippen LogP contribution in [0.25, 0.3) is 55.4 Å². The molecule has 0 aliphatic carbocycles. The van der Waals surface area contributed by atoms with Gasteiger partial charge in [0.1, 0.15) is 0 Å². The van der Waals surface area contributed by atoms with Crippen LogP contribution >= 0.6 is 0 Å². The van der Waals surface area contributed by atoms with Crippen LogP contribution in [0.5, 0.6) is 0 Å². The molecule has 180 valence electrons.